The molecule has 0 amide bonds. The molecule has 1 aliphatic rings. The second-order valence-corrected chi connectivity index (χ2v) is 4.03. The van der Waals surface area contributed by atoms with Crippen molar-refractivity contribution >= 4 is 0 Å². The molecule has 2 N–H and O–H groups in total. The lowest BCUT2D eigenvalue weighted by Crippen LogP contribution is -2.44. The number of hydrogen-bond acceptors (Lipinski definition) is 1. The molecule has 1 saturated carbocycles. The zero-order chi connectivity index (χ0) is 10.1. The number of hydrogen-bond donors (Lipinski definition) is 1. The van der Waals surface area contributed by atoms with Crippen LogP contribution >= 0.6 is 0 Å². The van der Waals surface area contributed by atoms with Crippen LogP contribution in [-0.2, 0) is 0 Å². The molecule has 0 heterocycles. The third-order valence-electron chi connectivity index (χ3n) is 3.15. The van der Waals surface area contributed by atoms with E-state index in [2.05, 4.69) is 0 Å². The molecule has 0 aromatic carbocycles. The van der Waals surface area contributed by atoms with Gasteiger partial charge in [0.1, 0.15) is 0 Å². The second-order valence-electron chi connectivity index (χ2n) is 4.03. The van der Waals surface area contributed by atoms with Crippen molar-refractivity contribution in [3.63, 3.8) is 0 Å². The fraction of sp³-hybridized carbons (Fsp3) is 1.00. The molecular formula is C9H16F3N. The molecule has 1 rings (SSSR count). The first-order valence-electron chi connectivity index (χ1n) is 4.73. The van der Waals surface area contributed by atoms with Crippen LogP contribution in [0.25, 0.3) is 0 Å². The average Bonchev–Trinajstić information content (AvgIpc) is 2.04. The van der Waals surface area contributed by atoms with Gasteiger partial charge in [-0.1, -0.05) is 6.92 Å². The summed E-state index contributed by atoms with van der Waals surface area (Å²) in [6, 6.07) is 0. The quantitative estimate of drug-likeness (QED) is 0.684. The third-order valence-corrected chi connectivity index (χ3v) is 3.15. The first-order chi connectivity index (χ1) is 5.87. The van der Waals surface area contributed by atoms with E-state index in [0.717, 1.165) is 6.42 Å². The predicted molar refractivity (Wildman–Crippen MR) is 45.2 cm³/mol. The number of halogens is 3. The Kier molecular flexibility index (Phi) is 2.90. The molecule has 0 aromatic heterocycles. The van der Waals surface area contributed by atoms with Gasteiger partial charge >= 0.3 is 6.18 Å². The summed E-state index contributed by atoms with van der Waals surface area (Å²) in [5.74, 6) is -1.12. The van der Waals surface area contributed by atoms with Crippen molar-refractivity contribution in [2.75, 3.05) is 0 Å². The van der Waals surface area contributed by atoms with E-state index in [1.165, 1.54) is 0 Å². The highest BCUT2D eigenvalue weighted by Crippen LogP contribution is 2.40. The van der Waals surface area contributed by atoms with Crippen LogP contribution in [0.2, 0.25) is 0 Å². The lowest BCUT2D eigenvalue weighted by Gasteiger charge is -2.37. The largest absolute Gasteiger partial charge is 0.391 e. The molecular weight excluding hydrogens is 179 g/mol. The van der Waals surface area contributed by atoms with Gasteiger partial charge in [0.25, 0.3) is 0 Å². The molecule has 0 unspecified atom stereocenters. The van der Waals surface area contributed by atoms with Gasteiger partial charge in [0.2, 0.25) is 0 Å². The van der Waals surface area contributed by atoms with Gasteiger partial charge in [0.15, 0.2) is 0 Å². The van der Waals surface area contributed by atoms with Gasteiger partial charge in [-0.2, -0.15) is 13.2 Å². The molecule has 1 nitrogen and oxygen atoms in total. The van der Waals surface area contributed by atoms with E-state index in [-0.39, 0.29) is 18.4 Å². The van der Waals surface area contributed by atoms with Crippen LogP contribution in [0.15, 0.2) is 0 Å². The zero-order valence-electron chi connectivity index (χ0n) is 7.82. The summed E-state index contributed by atoms with van der Waals surface area (Å²) in [4.78, 5) is 0. The van der Waals surface area contributed by atoms with Crippen molar-refractivity contribution < 1.29 is 13.2 Å². The average molecular weight is 195 g/mol. The van der Waals surface area contributed by atoms with Crippen molar-refractivity contribution in [2.24, 2.45) is 11.7 Å². The van der Waals surface area contributed by atoms with Gasteiger partial charge < -0.3 is 5.73 Å². The SMILES string of the molecule is CCC1(N)CCC(C(F)(F)F)CC1. The van der Waals surface area contributed by atoms with Crippen molar-refractivity contribution in [1.82, 2.24) is 0 Å². The van der Waals surface area contributed by atoms with E-state index in [1.807, 2.05) is 6.92 Å². The highest BCUT2D eigenvalue weighted by atomic mass is 19.4. The Bertz CT molecular complexity index is 168. The molecule has 0 saturated heterocycles. The number of nitrogens with two attached hydrogens (primary N) is 1. The predicted octanol–water partition coefficient (Wildman–Crippen LogP) is 2.85. The van der Waals surface area contributed by atoms with Crippen molar-refractivity contribution in [3.8, 4) is 0 Å². The molecule has 1 fully saturated rings. The van der Waals surface area contributed by atoms with Crippen LogP contribution in [0, 0.1) is 5.92 Å². The van der Waals surface area contributed by atoms with Gasteiger partial charge in [-0.25, -0.2) is 0 Å². The van der Waals surface area contributed by atoms with Crippen LogP contribution in [0.1, 0.15) is 39.0 Å². The van der Waals surface area contributed by atoms with Crippen LogP contribution in [0.4, 0.5) is 13.2 Å². The highest BCUT2D eigenvalue weighted by Gasteiger charge is 2.43. The van der Waals surface area contributed by atoms with Crippen LogP contribution < -0.4 is 5.73 Å². The Balaban J connectivity index is 2.48. The van der Waals surface area contributed by atoms with Gasteiger partial charge in [-0.05, 0) is 32.1 Å². The minimum atomic E-state index is -4.02. The summed E-state index contributed by atoms with van der Waals surface area (Å²) in [7, 11) is 0. The maximum atomic E-state index is 12.3. The summed E-state index contributed by atoms with van der Waals surface area (Å²) in [6.07, 6.45) is -1.82. The summed E-state index contributed by atoms with van der Waals surface area (Å²) < 4.78 is 36.8. The van der Waals surface area contributed by atoms with Gasteiger partial charge in [0, 0.05) is 5.54 Å². The van der Waals surface area contributed by atoms with Gasteiger partial charge in [-0.15, -0.1) is 0 Å². The monoisotopic (exact) mass is 195 g/mol. The Morgan fingerprint density at radius 2 is 1.77 bits per heavy atom. The maximum absolute atomic E-state index is 12.3. The van der Waals surface area contributed by atoms with E-state index in [4.69, 9.17) is 5.73 Å². The topological polar surface area (TPSA) is 26.0 Å². The molecule has 0 aromatic rings. The fourth-order valence-corrected chi connectivity index (χ4v) is 1.87. The molecule has 0 radical (unpaired) electrons. The zero-order valence-corrected chi connectivity index (χ0v) is 7.82. The first kappa shape index (κ1) is 10.8. The lowest BCUT2D eigenvalue weighted by atomic mass is 9.75. The Morgan fingerprint density at radius 1 is 1.31 bits per heavy atom. The maximum Gasteiger partial charge on any atom is 0.391 e. The minimum Gasteiger partial charge on any atom is -0.325 e. The molecule has 1 aliphatic carbocycles. The molecule has 0 atom stereocenters. The van der Waals surface area contributed by atoms with E-state index >= 15 is 0 Å². The van der Waals surface area contributed by atoms with Crippen LogP contribution in [0.5, 0.6) is 0 Å². The summed E-state index contributed by atoms with van der Waals surface area (Å²) in [6.45, 7) is 1.94. The Labute approximate surface area is 76.5 Å². The molecule has 78 valence electrons. The molecule has 13 heavy (non-hydrogen) atoms. The van der Waals surface area contributed by atoms with Gasteiger partial charge in [0.05, 0.1) is 5.92 Å². The Hall–Kier alpha value is -0.250. The van der Waals surface area contributed by atoms with Crippen LogP contribution in [-0.4, -0.2) is 11.7 Å². The smallest absolute Gasteiger partial charge is 0.325 e. The number of alkyl halides is 3. The van der Waals surface area contributed by atoms with E-state index in [0.29, 0.717) is 12.8 Å². The first-order valence-corrected chi connectivity index (χ1v) is 4.73. The van der Waals surface area contributed by atoms with Crippen molar-refractivity contribution in [2.45, 2.75) is 50.7 Å². The molecule has 4 heteroatoms. The van der Waals surface area contributed by atoms with E-state index in [1.54, 1.807) is 0 Å². The van der Waals surface area contributed by atoms with Crippen molar-refractivity contribution in [1.29, 1.82) is 0 Å². The second kappa shape index (κ2) is 3.48. The normalized spacial score (nSPS) is 36.2. The molecule has 0 spiro atoms. The fourth-order valence-electron chi connectivity index (χ4n) is 1.87. The summed E-state index contributed by atoms with van der Waals surface area (Å²) in [5, 5.41) is 0. The number of rotatable bonds is 1. The lowest BCUT2D eigenvalue weighted by molar-refractivity contribution is -0.184. The van der Waals surface area contributed by atoms with Gasteiger partial charge in [-0.3, -0.25) is 0 Å². The minimum absolute atomic E-state index is 0.202. The third kappa shape index (κ3) is 2.59. The van der Waals surface area contributed by atoms with Crippen LogP contribution in [0.3, 0.4) is 0 Å². The van der Waals surface area contributed by atoms with E-state index < -0.39 is 12.1 Å². The standard InChI is InChI=1S/C9H16F3N/c1-2-8(13)5-3-7(4-6-8)9(10,11)12/h7H,2-6,13H2,1H3. The summed E-state index contributed by atoms with van der Waals surface area (Å²) >= 11 is 0. The molecule has 0 aliphatic heterocycles. The summed E-state index contributed by atoms with van der Waals surface area (Å²) in [5.41, 5.74) is 5.56. The van der Waals surface area contributed by atoms with Crippen molar-refractivity contribution in [3.05, 3.63) is 0 Å². The Morgan fingerprint density at radius 3 is 2.08 bits per heavy atom. The highest BCUT2D eigenvalue weighted by molar-refractivity contribution is 4.90. The molecule has 0 bridgehead atoms. The van der Waals surface area contributed by atoms with E-state index in [9.17, 15) is 13.2 Å².